The largest absolute Gasteiger partial charge is 0.478 e. The third-order valence-electron chi connectivity index (χ3n) is 2.77. The Morgan fingerprint density at radius 2 is 1.79 bits per heavy atom. The van der Waals surface area contributed by atoms with Crippen LogP contribution in [0.15, 0.2) is 30.6 Å². The molecule has 0 atom stereocenters. The van der Waals surface area contributed by atoms with Gasteiger partial charge < -0.3 is 5.11 Å². The number of hydrogen-bond acceptors (Lipinski definition) is 3. The van der Waals surface area contributed by atoms with Crippen LogP contribution >= 0.6 is 0 Å². The van der Waals surface area contributed by atoms with Gasteiger partial charge in [-0.25, -0.2) is 14.5 Å². The molecule has 1 aromatic carbocycles. The molecule has 0 bridgehead atoms. The molecule has 0 saturated carbocycles. The van der Waals surface area contributed by atoms with Crippen molar-refractivity contribution in [3.63, 3.8) is 0 Å². The van der Waals surface area contributed by atoms with Crippen LogP contribution in [0.4, 0.5) is 26.3 Å². The van der Waals surface area contributed by atoms with Gasteiger partial charge in [0.1, 0.15) is 6.33 Å². The molecule has 128 valence electrons. The van der Waals surface area contributed by atoms with Crippen LogP contribution in [0.5, 0.6) is 0 Å². The van der Waals surface area contributed by atoms with E-state index in [0.29, 0.717) is 18.2 Å². The van der Waals surface area contributed by atoms with Gasteiger partial charge in [0, 0.05) is 17.8 Å². The van der Waals surface area contributed by atoms with E-state index < -0.39 is 40.8 Å². The van der Waals surface area contributed by atoms with Crippen LogP contribution in [-0.4, -0.2) is 25.8 Å². The lowest BCUT2D eigenvalue weighted by Gasteiger charge is -2.14. The molecule has 0 aliphatic rings. The Kier molecular flexibility index (Phi) is 4.36. The number of aliphatic carboxylic acids is 1. The van der Waals surface area contributed by atoms with E-state index in [9.17, 15) is 31.1 Å². The highest BCUT2D eigenvalue weighted by Crippen LogP contribution is 2.39. The molecule has 0 aliphatic carbocycles. The molecule has 0 aliphatic heterocycles. The minimum Gasteiger partial charge on any atom is -0.478 e. The summed E-state index contributed by atoms with van der Waals surface area (Å²) in [6.45, 7) is 0. The number of nitrogens with zero attached hydrogens (tertiary/aromatic N) is 3. The van der Waals surface area contributed by atoms with Crippen LogP contribution in [0.25, 0.3) is 17.6 Å². The summed E-state index contributed by atoms with van der Waals surface area (Å²) in [5, 5.41) is 12.0. The van der Waals surface area contributed by atoms with Crippen molar-refractivity contribution < 1.29 is 36.2 Å². The number of benzene rings is 1. The van der Waals surface area contributed by atoms with E-state index in [-0.39, 0.29) is 6.07 Å². The minimum absolute atomic E-state index is 0.0247. The zero-order valence-corrected chi connectivity index (χ0v) is 11.4. The highest BCUT2D eigenvalue weighted by atomic mass is 19.4. The van der Waals surface area contributed by atoms with Gasteiger partial charge >= 0.3 is 18.3 Å². The molecule has 0 fully saturated rings. The highest BCUT2D eigenvalue weighted by molar-refractivity contribution is 5.82. The van der Waals surface area contributed by atoms with E-state index in [1.54, 1.807) is 0 Å². The average molecular weight is 351 g/mol. The van der Waals surface area contributed by atoms with E-state index in [4.69, 9.17) is 5.11 Å². The molecule has 1 N–H and O–H groups in total. The molecule has 0 saturated heterocycles. The second-order valence-corrected chi connectivity index (χ2v) is 4.46. The zero-order chi connectivity index (χ0) is 18.1. The van der Waals surface area contributed by atoms with Crippen molar-refractivity contribution in [2.24, 2.45) is 0 Å². The number of carboxylic acid groups (broad SMARTS) is 1. The normalized spacial score (nSPS) is 12.8. The third kappa shape index (κ3) is 3.91. The molecule has 0 radical (unpaired) electrons. The number of alkyl halides is 6. The molecular weight excluding hydrogens is 344 g/mol. The molecule has 0 amide bonds. The summed E-state index contributed by atoms with van der Waals surface area (Å²) in [5.41, 5.74) is -3.65. The number of carboxylic acids is 1. The van der Waals surface area contributed by atoms with Crippen molar-refractivity contribution in [2.45, 2.75) is 12.4 Å². The predicted octanol–water partition coefficient (Wildman–Crippen LogP) is 3.54. The van der Waals surface area contributed by atoms with Gasteiger partial charge in [0.2, 0.25) is 0 Å². The van der Waals surface area contributed by atoms with E-state index in [0.717, 1.165) is 17.2 Å². The fourth-order valence-corrected chi connectivity index (χ4v) is 1.76. The number of rotatable bonds is 3. The Balaban J connectivity index is 2.52. The van der Waals surface area contributed by atoms with Crippen molar-refractivity contribution in [3.05, 3.63) is 41.7 Å². The molecule has 24 heavy (non-hydrogen) atoms. The summed E-state index contributed by atoms with van der Waals surface area (Å²) in [6.07, 6.45) is -7.49. The Bertz CT molecular complexity index is 792. The average Bonchev–Trinajstić information content (AvgIpc) is 2.91. The quantitative estimate of drug-likeness (QED) is 0.678. The topological polar surface area (TPSA) is 68.0 Å². The molecule has 1 aromatic heterocycles. The number of hydrogen-bond donors (Lipinski definition) is 1. The van der Waals surface area contributed by atoms with Gasteiger partial charge in [-0.05, 0) is 18.2 Å². The van der Waals surface area contributed by atoms with Gasteiger partial charge in [0.05, 0.1) is 11.1 Å². The smallest absolute Gasteiger partial charge is 0.417 e. The van der Waals surface area contributed by atoms with E-state index >= 15 is 0 Å². The van der Waals surface area contributed by atoms with Crippen LogP contribution in [0, 0.1) is 0 Å². The maximum Gasteiger partial charge on any atom is 0.417 e. The minimum atomic E-state index is -5.06. The molecule has 2 aromatic rings. The Labute approximate surface area is 129 Å². The van der Waals surface area contributed by atoms with Gasteiger partial charge in [-0.3, -0.25) is 0 Å². The Hall–Kier alpha value is -2.85. The first kappa shape index (κ1) is 17.5. The molecule has 2 rings (SSSR count). The highest BCUT2D eigenvalue weighted by Gasteiger charge is 2.39. The lowest BCUT2D eigenvalue weighted by molar-refractivity contribution is -0.142. The first-order chi connectivity index (χ1) is 11.0. The van der Waals surface area contributed by atoms with E-state index in [2.05, 4.69) is 10.1 Å². The van der Waals surface area contributed by atoms with Gasteiger partial charge in [0.25, 0.3) is 0 Å². The second-order valence-electron chi connectivity index (χ2n) is 4.46. The summed E-state index contributed by atoms with van der Waals surface area (Å²) in [5.74, 6) is -1.82. The van der Waals surface area contributed by atoms with Crippen molar-refractivity contribution in [3.8, 4) is 11.4 Å². The van der Waals surface area contributed by atoms with Crippen LogP contribution in [-0.2, 0) is 17.1 Å². The molecule has 0 spiro atoms. The van der Waals surface area contributed by atoms with Crippen LogP contribution in [0.3, 0.4) is 0 Å². The summed E-state index contributed by atoms with van der Waals surface area (Å²) >= 11 is 0. The van der Waals surface area contributed by atoms with E-state index in [1.165, 1.54) is 0 Å². The molecule has 5 nitrogen and oxygen atoms in total. The first-order valence-electron chi connectivity index (χ1n) is 6.09. The van der Waals surface area contributed by atoms with Gasteiger partial charge in [-0.1, -0.05) is 0 Å². The second kappa shape index (κ2) is 5.98. The number of halogens is 6. The van der Waals surface area contributed by atoms with Gasteiger partial charge in [-0.15, -0.1) is 5.10 Å². The SMILES string of the molecule is O=C(O)C=Cn1cnc(-c2ccc(C(F)(F)F)cc2C(F)(F)F)n1. The van der Waals surface area contributed by atoms with Crippen molar-refractivity contribution in [1.82, 2.24) is 14.8 Å². The molecule has 11 heteroatoms. The number of carbonyl (C=O) groups is 1. The fourth-order valence-electron chi connectivity index (χ4n) is 1.76. The van der Waals surface area contributed by atoms with Crippen LogP contribution in [0.2, 0.25) is 0 Å². The van der Waals surface area contributed by atoms with E-state index in [1.807, 2.05) is 0 Å². The fraction of sp³-hybridized carbons (Fsp3) is 0.154. The predicted molar refractivity (Wildman–Crippen MR) is 68.4 cm³/mol. The molecule has 1 heterocycles. The monoisotopic (exact) mass is 351 g/mol. The lowest BCUT2D eigenvalue weighted by atomic mass is 10.0. The standard InChI is InChI=1S/C13H7F6N3O2/c14-12(15,16)7-1-2-8(9(5-7)13(17,18)19)11-20-6-22(21-11)4-3-10(23)24/h1-6H,(H,23,24). The van der Waals surface area contributed by atoms with Crippen LogP contribution in [0.1, 0.15) is 11.1 Å². The Morgan fingerprint density at radius 3 is 2.33 bits per heavy atom. The summed E-state index contributed by atoms with van der Waals surface area (Å²) < 4.78 is 77.8. The van der Waals surface area contributed by atoms with Crippen molar-refractivity contribution >= 4 is 12.2 Å². The molecular formula is C13H7F6N3O2. The summed E-state index contributed by atoms with van der Waals surface area (Å²) in [7, 11) is 0. The first-order valence-corrected chi connectivity index (χ1v) is 6.09. The van der Waals surface area contributed by atoms with Gasteiger partial charge in [0.15, 0.2) is 5.82 Å². The third-order valence-corrected chi connectivity index (χ3v) is 2.77. The lowest BCUT2D eigenvalue weighted by Crippen LogP contribution is -2.12. The maximum absolute atomic E-state index is 13.0. The Morgan fingerprint density at radius 1 is 1.12 bits per heavy atom. The maximum atomic E-state index is 13.0. The van der Waals surface area contributed by atoms with Crippen molar-refractivity contribution in [1.29, 1.82) is 0 Å². The van der Waals surface area contributed by atoms with Crippen LogP contribution < -0.4 is 0 Å². The summed E-state index contributed by atoms with van der Waals surface area (Å²) in [4.78, 5) is 13.9. The number of aromatic nitrogens is 3. The van der Waals surface area contributed by atoms with Crippen molar-refractivity contribution in [2.75, 3.05) is 0 Å². The summed E-state index contributed by atoms with van der Waals surface area (Å²) in [6, 6.07) is 1.08. The van der Waals surface area contributed by atoms with Gasteiger partial charge in [-0.2, -0.15) is 26.3 Å². The molecule has 0 unspecified atom stereocenters. The zero-order valence-electron chi connectivity index (χ0n) is 11.4.